The average Bonchev–Trinajstić information content (AvgIpc) is 3.65. The predicted octanol–water partition coefficient (Wildman–Crippen LogP) is 7.98. The number of rotatable bonds is 6. The Hall–Kier alpha value is -4.21. The maximum absolute atomic E-state index is 12.8. The van der Waals surface area contributed by atoms with Crippen LogP contribution in [0.4, 0.5) is 0 Å². The van der Waals surface area contributed by atoms with Crippen molar-refractivity contribution < 1.29 is 0 Å². The molecule has 2 aliphatic rings. The lowest BCUT2D eigenvalue weighted by molar-refractivity contribution is 0.365. The van der Waals surface area contributed by atoms with E-state index >= 15 is 0 Å². The standard InChI is InChI=1S/C40H37NOS/c1-3-41-27(2)43-39(40(41)42)25-29-19-22-33-26-38(35-16-10-15-34(35)37(33)24-29)32-20-17-28(18-21-32)23-36(30-11-6-4-7-12-30)31-13-8-5-9-14-31/h4-9,11-14,17-25,34-35,38H,2-3,10,15-16,26H2,1H3. The molecular formula is C40H37NOS. The van der Waals surface area contributed by atoms with Crippen LogP contribution >= 0.6 is 11.3 Å². The first-order valence-electron chi connectivity index (χ1n) is 15.5. The summed E-state index contributed by atoms with van der Waals surface area (Å²) in [4.78, 5) is 12.8. The van der Waals surface area contributed by atoms with Crippen molar-refractivity contribution in [2.24, 2.45) is 5.92 Å². The largest absolute Gasteiger partial charge is 0.300 e. The second-order valence-electron chi connectivity index (χ2n) is 12.0. The molecule has 0 saturated heterocycles. The Labute approximate surface area is 258 Å². The quantitative estimate of drug-likeness (QED) is 0.187. The highest BCUT2D eigenvalue weighted by Gasteiger charge is 2.40. The molecule has 43 heavy (non-hydrogen) atoms. The van der Waals surface area contributed by atoms with E-state index in [0.29, 0.717) is 24.3 Å². The molecule has 0 amide bonds. The van der Waals surface area contributed by atoms with Gasteiger partial charge in [-0.1, -0.05) is 116 Å². The van der Waals surface area contributed by atoms with Gasteiger partial charge in [-0.3, -0.25) is 9.36 Å². The first kappa shape index (κ1) is 27.6. The minimum Gasteiger partial charge on any atom is -0.300 e. The van der Waals surface area contributed by atoms with Gasteiger partial charge >= 0.3 is 0 Å². The molecule has 4 aromatic carbocycles. The monoisotopic (exact) mass is 579 g/mol. The van der Waals surface area contributed by atoms with Gasteiger partial charge in [-0.2, -0.15) is 0 Å². The van der Waals surface area contributed by atoms with Crippen molar-refractivity contribution in [2.45, 2.75) is 51.0 Å². The number of benzene rings is 4. The summed E-state index contributed by atoms with van der Waals surface area (Å²) in [7, 11) is 0. The molecule has 1 fully saturated rings. The minimum atomic E-state index is 0.0759. The van der Waals surface area contributed by atoms with E-state index in [1.54, 1.807) is 4.57 Å². The molecule has 3 heteroatoms. The Morgan fingerprint density at radius 3 is 2.19 bits per heavy atom. The van der Waals surface area contributed by atoms with E-state index in [0.717, 1.165) is 21.2 Å². The maximum Gasteiger partial charge on any atom is 0.269 e. The summed E-state index contributed by atoms with van der Waals surface area (Å²) < 4.78 is 3.37. The lowest BCUT2D eigenvalue weighted by Gasteiger charge is -2.36. The summed E-state index contributed by atoms with van der Waals surface area (Å²) in [5, 5.41) is 0. The van der Waals surface area contributed by atoms with Crippen molar-refractivity contribution in [1.29, 1.82) is 0 Å². The SMILES string of the molecule is C=c1sc(=Cc2ccc3c(c2)C2CCCC2C(c2ccc(C=C(c4ccccc4)c4ccccc4)cc2)C3)c(=O)n1CC. The van der Waals surface area contributed by atoms with Gasteiger partial charge in [0.1, 0.15) is 0 Å². The van der Waals surface area contributed by atoms with Gasteiger partial charge in [0.25, 0.3) is 5.56 Å². The Bertz CT molecular complexity index is 1910. The first-order chi connectivity index (χ1) is 21.1. The molecule has 214 valence electrons. The van der Waals surface area contributed by atoms with Crippen LogP contribution in [0.2, 0.25) is 0 Å². The molecule has 0 spiro atoms. The molecule has 7 rings (SSSR count). The van der Waals surface area contributed by atoms with E-state index in [2.05, 4.69) is 122 Å². The van der Waals surface area contributed by atoms with E-state index in [9.17, 15) is 4.79 Å². The van der Waals surface area contributed by atoms with Gasteiger partial charge < -0.3 is 0 Å². The smallest absolute Gasteiger partial charge is 0.269 e. The molecule has 3 atom stereocenters. The van der Waals surface area contributed by atoms with E-state index < -0.39 is 0 Å². The third-order valence-corrected chi connectivity index (χ3v) is 10.5. The summed E-state index contributed by atoms with van der Waals surface area (Å²) in [6.07, 6.45) is 9.29. The molecule has 1 aromatic heterocycles. The molecule has 1 saturated carbocycles. The lowest BCUT2D eigenvalue weighted by atomic mass is 9.68. The van der Waals surface area contributed by atoms with Crippen LogP contribution in [-0.4, -0.2) is 4.57 Å². The van der Waals surface area contributed by atoms with Crippen molar-refractivity contribution in [3.63, 3.8) is 0 Å². The molecule has 5 aromatic rings. The topological polar surface area (TPSA) is 22.0 Å². The zero-order valence-electron chi connectivity index (χ0n) is 24.7. The van der Waals surface area contributed by atoms with Crippen LogP contribution < -0.4 is 14.8 Å². The highest BCUT2D eigenvalue weighted by atomic mass is 32.1. The summed E-state index contributed by atoms with van der Waals surface area (Å²) in [5.41, 5.74) is 10.6. The van der Waals surface area contributed by atoms with E-state index in [1.807, 2.05) is 6.92 Å². The van der Waals surface area contributed by atoms with Crippen molar-refractivity contribution in [1.82, 2.24) is 4.57 Å². The fourth-order valence-electron chi connectivity index (χ4n) is 7.45. The Balaban J connectivity index is 1.19. The van der Waals surface area contributed by atoms with Gasteiger partial charge in [-0.15, -0.1) is 11.3 Å². The molecular weight excluding hydrogens is 543 g/mol. The summed E-state index contributed by atoms with van der Waals surface area (Å²) in [5.74, 6) is 1.79. The third-order valence-electron chi connectivity index (χ3n) is 9.54. The molecule has 2 nitrogen and oxygen atoms in total. The predicted molar refractivity (Wildman–Crippen MR) is 182 cm³/mol. The summed E-state index contributed by atoms with van der Waals surface area (Å²) >= 11 is 1.50. The van der Waals surface area contributed by atoms with Crippen LogP contribution in [0.3, 0.4) is 0 Å². The third kappa shape index (κ3) is 5.39. The van der Waals surface area contributed by atoms with E-state index in [4.69, 9.17) is 0 Å². The van der Waals surface area contributed by atoms with Gasteiger partial charge in [-0.25, -0.2) is 0 Å². The summed E-state index contributed by atoms with van der Waals surface area (Å²) in [6, 6.07) is 37.6. The van der Waals surface area contributed by atoms with Crippen molar-refractivity contribution in [3.8, 4) is 0 Å². The molecule has 0 N–H and O–H groups in total. The zero-order chi connectivity index (χ0) is 29.3. The number of thiazole rings is 1. The van der Waals surface area contributed by atoms with Crippen molar-refractivity contribution >= 4 is 35.6 Å². The van der Waals surface area contributed by atoms with Gasteiger partial charge in [0.2, 0.25) is 0 Å². The first-order valence-corrected chi connectivity index (χ1v) is 16.4. The van der Waals surface area contributed by atoms with Gasteiger partial charge in [-0.05, 0) is 101 Å². The van der Waals surface area contributed by atoms with Crippen LogP contribution in [0.5, 0.6) is 0 Å². The number of hydrogen-bond donors (Lipinski definition) is 0. The molecule has 0 aliphatic heterocycles. The van der Waals surface area contributed by atoms with Gasteiger partial charge in [0, 0.05) is 6.54 Å². The second kappa shape index (κ2) is 11.8. The van der Waals surface area contributed by atoms with Gasteiger partial charge in [0.05, 0.1) is 9.20 Å². The average molecular weight is 580 g/mol. The Morgan fingerprint density at radius 1 is 0.860 bits per heavy atom. The second-order valence-corrected chi connectivity index (χ2v) is 13.1. The minimum absolute atomic E-state index is 0.0759. The fourth-order valence-corrected chi connectivity index (χ4v) is 8.42. The van der Waals surface area contributed by atoms with E-state index in [1.165, 1.54) is 69.6 Å². The fraction of sp³-hybridized carbons (Fsp3) is 0.225. The molecule has 0 radical (unpaired) electrons. The molecule has 3 unspecified atom stereocenters. The maximum atomic E-state index is 12.8. The van der Waals surface area contributed by atoms with Crippen molar-refractivity contribution in [2.75, 3.05) is 0 Å². The highest BCUT2D eigenvalue weighted by molar-refractivity contribution is 7.07. The van der Waals surface area contributed by atoms with Crippen molar-refractivity contribution in [3.05, 3.63) is 162 Å². The van der Waals surface area contributed by atoms with Crippen LogP contribution in [-0.2, 0) is 13.0 Å². The molecule has 2 aliphatic carbocycles. The number of hydrogen-bond acceptors (Lipinski definition) is 2. The number of nitrogens with zero attached hydrogens (tertiary/aromatic N) is 1. The normalized spacial score (nSPS) is 19.6. The summed E-state index contributed by atoms with van der Waals surface area (Å²) in [6.45, 7) is 6.73. The van der Waals surface area contributed by atoms with Crippen LogP contribution in [0.25, 0.3) is 24.3 Å². The van der Waals surface area contributed by atoms with Crippen LogP contribution in [0.1, 0.15) is 77.0 Å². The van der Waals surface area contributed by atoms with E-state index in [-0.39, 0.29) is 5.56 Å². The van der Waals surface area contributed by atoms with Crippen LogP contribution in [0.15, 0.2) is 108 Å². The molecule has 1 heterocycles. The van der Waals surface area contributed by atoms with Crippen LogP contribution in [0, 0.1) is 5.92 Å². The Kier molecular flexibility index (Phi) is 7.59. The highest BCUT2D eigenvalue weighted by Crippen LogP contribution is 2.53. The molecule has 0 bridgehead atoms. The zero-order valence-corrected chi connectivity index (χ0v) is 25.5. The number of aromatic nitrogens is 1. The van der Waals surface area contributed by atoms with Gasteiger partial charge in [0.15, 0.2) is 0 Å². The number of fused-ring (bicyclic) bond motifs is 3. The lowest BCUT2D eigenvalue weighted by Crippen LogP contribution is -2.30. The Morgan fingerprint density at radius 2 is 1.53 bits per heavy atom.